The molecule has 92 valence electrons. The van der Waals surface area contributed by atoms with Gasteiger partial charge >= 0.3 is 0 Å². The molecule has 2 atom stereocenters. The minimum Gasteiger partial charge on any atom is -0.381 e. The van der Waals surface area contributed by atoms with Crippen molar-refractivity contribution < 1.29 is 14.7 Å². The van der Waals surface area contributed by atoms with E-state index in [0.29, 0.717) is 12.3 Å². The van der Waals surface area contributed by atoms with Crippen LogP contribution in [0.5, 0.6) is 0 Å². The van der Waals surface area contributed by atoms with Gasteiger partial charge in [-0.3, -0.25) is 9.59 Å². The zero-order valence-corrected chi connectivity index (χ0v) is 9.24. The topological polar surface area (TPSA) is 104 Å². The molecule has 1 saturated heterocycles. The normalized spacial score (nSPS) is 22.4. The molecule has 0 aromatic heterocycles. The van der Waals surface area contributed by atoms with Gasteiger partial charge in [-0.1, -0.05) is 0 Å². The van der Waals surface area contributed by atoms with E-state index in [0.717, 1.165) is 25.9 Å². The van der Waals surface area contributed by atoms with Crippen molar-refractivity contribution in [1.82, 2.24) is 10.6 Å². The molecule has 16 heavy (non-hydrogen) atoms. The van der Waals surface area contributed by atoms with E-state index in [1.165, 1.54) is 0 Å². The van der Waals surface area contributed by atoms with Crippen LogP contribution in [0.15, 0.2) is 0 Å². The van der Waals surface area contributed by atoms with Crippen LogP contribution in [0, 0.1) is 5.92 Å². The van der Waals surface area contributed by atoms with E-state index in [-0.39, 0.29) is 12.5 Å². The van der Waals surface area contributed by atoms with Crippen molar-refractivity contribution in [1.29, 1.82) is 0 Å². The van der Waals surface area contributed by atoms with Crippen molar-refractivity contribution in [2.24, 2.45) is 11.7 Å². The minimum absolute atomic E-state index is 0.103. The van der Waals surface area contributed by atoms with Crippen molar-refractivity contribution >= 4 is 11.8 Å². The fourth-order valence-corrected chi connectivity index (χ4v) is 1.74. The number of piperidine rings is 1. The molecule has 0 saturated carbocycles. The SMILES string of the molecule is NC(=O)C(O)CNC(=O)CC1CCCNC1. The second kappa shape index (κ2) is 6.44. The van der Waals surface area contributed by atoms with Gasteiger partial charge in [-0.15, -0.1) is 0 Å². The van der Waals surface area contributed by atoms with Crippen LogP contribution in [0.2, 0.25) is 0 Å². The van der Waals surface area contributed by atoms with E-state index in [1.807, 2.05) is 0 Å². The first kappa shape index (κ1) is 12.9. The Morgan fingerprint density at radius 2 is 2.31 bits per heavy atom. The average molecular weight is 229 g/mol. The molecule has 6 nitrogen and oxygen atoms in total. The van der Waals surface area contributed by atoms with E-state index in [9.17, 15) is 9.59 Å². The highest BCUT2D eigenvalue weighted by molar-refractivity contribution is 5.81. The first-order valence-corrected chi connectivity index (χ1v) is 5.54. The Hall–Kier alpha value is -1.14. The molecule has 5 N–H and O–H groups in total. The predicted octanol–water partition coefficient (Wildman–Crippen LogP) is -1.66. The molecule has 1 heterocycles. The number of amides is 2. The van der Waals surface area contributed by atoms with Gasteiger partial charge in [-0.05, 0) is 31.8 Å². The number of carbonyl (C=O) groups excluding carboxylic acids is 2. The Kier molecular flexibility index (Phi) is 5.21. The zero-order valence-electron chi connectivity index (χ0n) is 9.24. The maximum Gasteiger partial charge on any atom is 0.248 e. The number of nitrogens with two attached hydrogens (primary N) is 1. The summed E-state index contributed by atoms with van der Waals surface area (Å²) < 4.78 is 0. The Balaban J connectivity index is 2.17. The second-order valence-corrected chi connectivity index (χ2v) is 4.14. The number of rotatable bonds is 5. The van der Waals surface area contributed by atoms with Gasteiger partial charge in [-0.25, -0.2) is 0 Å². The van der Waals surface area contributed by atoms with E-state index in [2.05, 4.69) is 10.6 Å². The van der Waals surface area contributed by atoms with Crippen molar-refractivity contribution in [2.75, 3.05) is 19.6 Å². The summed E-state index contributed by atoms with van der Waals surface area (Å²) in [7, 11) is 0. The highest BCUT2D eigenvalue weighted by Crippen LogP contribution is 2.13. The van der Waals surface area contributed by atoms with Gasteiger partial charge < -0.3 is 21.5 Å². The average Bonchev–Trinajstić information content (AvgIpc) is 2.27. The lowest BCUT2D eigenvalue weighted by Gasteiger charge is -2.22. The van der Waals surface area contributed by atoms with Gasteiger partial charge in [0, 0.05) is 6.42 Å². The quantitative estimate of drug-likeness (QED) is 0.453. The molecule has 2 amide bonds. The molecular formula is C10H19N3O3. The van der Waals surface area contributed by atoms with Crippen LogP contribution in [-0.2, 0) is 9.59 Å². The lowest BCUT2D eigenvalue weighted by Crippen LogP contribution is -2.41. The Labute approximate surface area is 94.6 Å². The van der Waals surface area contributed by atoms with Gasteiger partial charge in [-0.2, -0.15) is 0 Å². The molecule has 1 aliphatic rings. The van der Waals surface area contributed by atoms with Crippen LogP contribution in [0.1, 0.15) is 19.3 Å². The fourth-order valence-electron chi connectivity index (χ4n) is 1.74. The van der Waals surface area contributed by atoms with Crippen molar-refractivity contribution in [3.05, 3.63) is 0 Å². The highest BCUT2D eigenvalue weighted by atomic mass is 16.3. The van der Waals surface area contributed by atoms with Crippen LogP contribution < -0.4 is 16.4 Å². The lowest BCUT2D eigenvalue weighted by molar-refractivity contribution is -0.127. The molecule has 6 heteroatoms. The summed E-state index contributed by atoms with van der Waals surface area (Å²) in [6.45, 7) is 1.76. The van der Waals surface area contributed by atoms with Gasteiger partial charge in [0.2, 0.25) is 11.8 Å². The number of aliphatic hydroxyl groups excluding tert-OH is 1. The smallest absolute Gasteiger partial charge is 0.248 e. The second-order valence-electron chi connectivity index (χ2n) is 4.14. The van der Waals surface area contributed by atoms with Crippen LogP contribution in [0.4, 0.5) is 0 Å². The Morgan fingerprint density at radius 3 is 2.88 bits per heavy atom. The molecule has 0 spiro atoms. The maximum absolute atomic E-state index is 11.4. The number of aliphatic hydroxyl groups is 1. The van der Waals surface area contributed by atoms with E-state index in [1.54, 1.807) is 0 Å². The van der Waals surface area contributed by atoms with Crippen LogP contribution in [0.25, 0.3) is 0 Å². The third kappa shape index (κ3) is 4.59. The molecule has 1 aliphatic heterocycles. The predicted molar refractivity (Wildman–Crippen MR) is 58.4 cm³/mol. The molecule has 2 unspecified atom stereocenters. The van der Waals surface area contributed by atoms with E-state index in [4.69, 9.17) is 10.8 Å². The summed E-state index contributed by atoms with van der Waals surface area (Å²) >= 11 is 0. The lowest BCUT2D eigenvalue weighted by atomic mass is 9.96. The number of hydrogen-bond acceptors (Lipinski definition) is 4. The molecule has 1 fully saturated rings. The highest BCUT2D eigenvalue weighted by Gasteiger charge is 2.18. The van der Waals surface area contributed by atoms with Crippen LogP contribution >= 0.6 is 0 Å². The van der Waals surface area contributed by atoms with Crippen molar-refractivity contribution in [3.8, 4) is 0 Å². The Morgan fingerprint density at radius 1 is 1.56 bits per heavy atom. The summed E-state index contributed by atoms with van der Waals surface area (Å²) in [5.41, 5.74) is 4.86. The van der Waals surface area contributed by atoms with E-state index < -0.39 is 12.0 Å². The molecule has 0 aromatic rings. The fraction of sp³-hybridized carbons (Fsp3) is 0.800. The first-order valence-electron chi connectivity index (χ1n) is 5.54. The van der Waals surface area contributed by atoms with Gasteiger partial charge in [0.15, 0.2) is 0 Å². The van der Waals surface area contributed by atoms with Crippen LogP contribution in [-0.4, -0.2) is 42.7 Å². The monoisotopic (exact) mass is 229 g/mol. The number of hydrogen-bond donors (Lipinski definition) is 4. The molecule has 0 bridgehead atoms. The van der Waals surface area contributed by atoms with Crippen molar-refractivity contribution in [2.45, 2.75) is 25.4 Å². The number of primary amides is 1. The number of nitrogens with one attached hydrogen (secondary N) is 2. The molecule has 0 radical (unpaired) electrons. The summed E-state index contributed by atoms with van der Waals surface area (Å²) in [5.74, 6) is -0.617. The summed E-state index contributed by atoms with van der Waals surface area (Å²) in [6.07, 6.45) is 1.26. The van der Waals surface area contributed by atoms with Gasteiger partial charge in [0.05, 0.1) is 6.54 Å². The number of carbonyl (C=O) groups is 2. The van der Waals surface area contributed by atoms with Gasteiger partial charge in [0.1, 0.15) is 6.10 Å². The van der Waals surface area contributed by atoms with E-state index >= 15 is 0 Å². The van der Waals surface area contributed by atoms with Gasteiger partial charge in [0.25, 0.3) is 0 Å². The summed E-state index contributed by atoms with van der Waals surface area (Å²) in [4.78, 5) is 21.9. The first-order chi connectivity index (χ1) is 7.59. The minimum atomic E-state index is -1.30. The third-order valence-electron chi connectivity index (χ3n) is 2.69. The summed E-state index contributed by atoms with van der Waals surface area (Å²) in [5, 5.41) is 14.8. The standard InChI is InChI=1S/C10H19N3O3/c11-10(16)8(14)6-13-9(15)4-7-2-1-3-12-5-7/h7-8,12,14H,1-6H2,(H2,11,16)(H,13,15). The summed E-state index contributed by atoms with van der Waals surface area (Å²) in [6, 6.07) is 0. The molecule has 0 aromatic carbocycles. The molecular weight excluding hydrogens is 210 g/mol. The van der Waals surface area contributed by atoms with Crippen molar-refractivity contribution in [3.63, 3.8) is 0 Å². The largest absolute Gasteiger partial charge is 0.381 e. The zero-order chi connectivity index (χ0) is 12.0. The maximum atomic E-state index is 11.4. The third-order valence-corrected chi connectivity index (χ3v) is 2.69. The molecule has 0 aliphatic carbocycles. The molecule has 1 rings (SSSR count). The van der Waals surface area contributed by atoms with Crippen LogP contribution in [0.3, 0.4) is 0 Å². The Bertz CT molecular complexity index is 252.